The van der Waals surface area contributed by atoms with E-state index >= 15 is 0 Å². The normalized spacial score (nSPS) is 14.5. The lowest BCUT2D eigenvalue weighted by Crippen LogP contribution is -2.49. The molecular formula is C14H19NO4. The molecule has 1 unspecified atom stereocenters. The van der Waals surface area contributed by atoms with Crippen LogP contribution >= 0.6 is 0 Å². The molecule has 1 aromatic rings. The van der Waals surface area contributed by atoms with Crippen molar-refractivity contribution in [2.75, 3.05) is 0 Å². The van der Waals surface area contributed by atoms with Crippen LogP contribution in [0.5, 0.6) is 0 Å². The third kappa shape index (κ3) is 4.46. The van der Waals surface area contributed by atoms with Gasteiger partial charge in [-0.25, -0.2) is 0 Å². The highest BCUT2D eigenvalue weighted by molar-refractivity contribution is 5.80. The van der Waals surface area contributed by atoms with E-state index in [-0.39, 0.29) is 6.61 Å². The topological polar surface area (TPSA) is 89.6 Å². The maximum atomic E-state index is 11.7. The smallest absolute Gasteiger partial charge is 0.324 e. The van der Waals surface area contributed by atoms with Gasteiger partial charge in [-0.05, 0) is 19.4 Å². The molecule has 0 fully saturated rings. The van der Waals surface area contributed by atoms with Crippen molar-refractivity contribution in [3.05, 3.63) is 35.9 Å². The molecule has 0 aliphatic rings. The number of aliphatic hydroxyl groups is 1. The number of nitrogens with two attached hydrogens (primary N) is 1. The van der Waals surface area contributed by atoms with Crippen LogP contribution in [0.3, 0.4) is 0 Å². The number of benzene rings is 1. The zero-order valence-electron chi connectivity index (χ0n) is 11.1. The first kappa shape index (κ1) is 15.3. The first-order valence-electron chi connectivity index (χ1n) is 6.00. The molecule has 0 radical (unpaired) electrons. The quantitative estimate of drug-likeness (QED) is 0.582. The Bertz CT molecular complexity index is 425. The van der Waals surface area contributed by atoms with Crippen LogP contribution in [0, 0.1) is 5.92 Å². The molecule has 104 valence electrons. The summed E-state index contributed by atoms with van der Waals surface area (Å²) in [5.41, 5.74) is 5.12. The molecule has 0 bridgehead atoms. The molecule has 5 heteroatoms. The van der Waals surface area contributed by atoms with Crippen LogP contribution in [0.4, 0.5) is 0 Å². The molecule has 0 aliphatic carbocycles. The van der Waals surface area contributed by atoms with Crippen LogP contribution in [-0.2, 0) is 20.9 Å². The second-order valence-corrected chi connectivity index (χ2v) is 4.93. The summed E-state index contributed by atoms with van der Waals surface area (Å²) in [4.78, 5) is 22.7. The Morgan fingerprint density at radius 3 is 2.47 bits per heavy atom. The van der Waals surface area contributed by atoms with Gasteiger partial charge in [0, 0.05) is 0 Å². The fourth-order valence-corrected chi connectivity index (χ4v) is 1.66. The number of esters is 1. The van der Waals surface area contributed by atoms with E-state index in [4.69, 9.17) is 10.5 Å². The fraction of sp³-hybridized carbons (Fsp3) is 0.429. The number of aldehydes is 1. The van der Waals surface area contributed by atoms with E-state index < -0.39 is 23.5 Å². The largest absolute Gasteiger partial charge is 0.460 e. The van der Waals surface area contributed by atoms with Gasteiger partial charge in [0.2, 0.25) is 0 Å². The van der Waals surface area contributed by atoms with Crippen molar-refractivity contribution < 1.29 is 19.4 Å². The van der Waals surface area contributed by atoms with E-state index in [2.05, 4.69) is 0 Å². The van der Waals surface area contributed by atoms with E-state index in [9.17, 15) is 14.7 Å². The van der Waals surface area contributed by atoms with Crippen LogP contribution in [0.2, 0.25) is 0 Å². The summed E-state index contributed by atoms with van der Waals surface area (Å²) in [6, 6.07) is 7.95. The molecule has 0 amide bonds. The Kier molecular flexibility index (Phi) is 5.20. The SMILES string of the molecule is CC(C)(O)C(C=O)[C@H](N)C(=O)OCc1ccccc1. The Balaban J connectivity index is 2.60. The average molecular weight is 265 g/mol. The molecule has 2 atom stereocenters. The third-order valence-electron chi connectivity index (χ3n) is 2.85. The average Bonchev–Trinajstić information content (AvgIpc) is 2.36. The number of hydrogen-bond donors (Lipinski definition) is 2. The lowest BCUT2D eigenvalue weighted by Gasteiger charge is -2.28. The molecule has 19 heavy (non-hydrogen) atoms. The number of hydrogen-bond acceptors (Lipinski definition) is 5. The van der Waals surface area contributed by atoms with Gasteiger partial charge in [0.1, 0.15) is 18.9 Å². The van der Waals surface area contributed by atoms with Crippen molar-refractivity contribution in [1.29, 1.82) is 0 Å². The van der Waals surface area contributed by atoms with Gasteiger partial charge < -0.3 is 20.4 Å². The highest BCUT2D eigenvalue weighted by Gasteiger charge is 2.36. The lowest BCUT2D eigenvalue weighted by molar-refractivity contribution is -0.152. The summed E-state index contributed by atoms with van der Waals surface area (Å²) in [7, 11) is 0. The van der Waals surface area contributed by atoms with E-state index in [1.54, 1.807) is 0 Å². The molecule has 0 aromatic heterocycles. The van der Waals surface area contributed by atoms with Crippen molar-refractivity contribution in [2.24, 2.45) is 11.7 Å². The number of rotatable bonds is 6. The minimum Gasteiger partial charge on any atom is -0.460 e. The van der Waals surface area contributed by atoms with Gasteiger partial charge in [-0.1, -0.05) is 30.3 Å². The summed E-state index contributed by atoms with van der Waals surface area (Å²) in [6.45, 7) is 2.94. The molecule has 1 aromatic carbocycles. The molecule has 5 nitrogen and oxygen atoms in total. The second kappa shape index (κ2) is 6.45. The van der Waals surface area contributed by atoms with E-state index in [1.165, 1.54) is 13.8 Å². The molecule has 1 rings (SSSR count). The van der Waals surface area contributed by atoms with Gasteiger partial charge in [-0.2, -0.15) is 0 Å². The summed E-state index contributed by atoms with van der Waals surface area (Å²) < 4.78 is 5.03. The molecule has 0 aliphatic heterocycles. The molecule has 3 N–H and O–H groups in total. The minimum absolute atomic E-state index is 0.0881. The summed E-state index contributed by atoms with van der Waals surface area (Å²) in [6.07, 6.45) is 0.481. The summed E-state index contributed by atoms with van der Waals surface area (Å²) in [5, 5.41) is 9.76. The molecule has 0 spiro atoms. The fourth-order valence-electron chi connectivity index (χ4n) is 1.66. The number of carbonyl (C=O) groups is 2. The van der Waals surface area contributed by atoms with Crippen LogP contribution < -0.4 is 5.73 Å². The van der Waals surface area contributed by atoms with E-state index in [1.807, 2.05) is 30.3 Å². The van der Waals surface area contributed by atoms with E-state index in [0.717, 1.165) is 5.56 Å². The van der Waals surface area contributed by atoms with Gasteiger partial charge >= 0.3 is 5.97 Å². The Hall–Kier alpha value is -1.72. The van der Waals surface area contributed by atoms with Crippen molar-refractivity contribution in [3.8, 4) is 0 Å². The van der Waals surface area contributed by atoms with Gasteiger partial charge in [-0.15, -0.1) is 0 Å². The standard InChI is InChI=1S/C14H19NO4/c1-14(2,18)11(8-16)12(15)13(17)19-9-10-6-4-3-5-7-10/h3-8,11-12,18H,9,15H2,1-2H3/t11?,12-/m0/s1. The zero-order chi connectivity index (χ0) is 14.5. The molecular weight excluding hydrogens is 246 g/mol. The van der Waals surface area contributed by atoms with Crippen molar-refractivity contribution in [2.45, 2.75) is 32.1 Å². The first-order valence-corrected chi connectivity index (χ1v) is 6.00. The van der Waals surface area contributed by atoms with Gasteiger partial charge in [0.05, 0.1) is 11.5 Å². The van der Waals surface area contributed by atoms with Crippen molar-refractivity contribution in [3.63, 3.8) is 0 Å². The predicted octanol–water partition coefficient (Wildman–Crippen LogP) is 0.643. The Labute approximate surface area is 112 Å². The van der Waals surface area contributed by atoms with Crippen LogP contribution in [0.25, 0.3) is 0 Å². The minimum atomic E-state index is -1.37. The monoisotopic (exact) mass is 265 g/mol. The second-order valence-electron chi connectivity index (χ2n) is 4.93. The van der Waals surface area contributed by atoms with Gasteiger partial charge in [0.25, 0.3) is 0 Å². The maximum absolute atomic E-state index is 11.7. The Morgan fingerprint density at radius 1 is 1.42 bits per heavy atom. The van der Waals surface area contributed by atoms with Gasteiger partial charge in [-0.3, -0.25) is 4.79 Å². The summed E-state index contributed by atoms with van der Waals surface area (Å²) >= 11 is 0. The van der Waals surface area contributed by atoms with Crippen LogP contribution in [0.15, 0.2) is 30.3 Å². The zero-order valence-corrected chi connectivity index (χ0v) is 11.1. The van der Waals surface area contributed by atoms with Crippen LogP contribution in [0.1, 0.15) is 19.4 Å². The number of ether oxygens (including phenoxy) is 1. The maximum Gasteiger partial charge on any atom is 0.324 e. The summed E-state index contributed by atoms with van der Waals surface area (Å²) in [5.74, 6) is -1.71. The molecule has 0 heterocycles. The Morgan fingerprint density at radius 2 is 2.00 bits per heavy atom. The van der Waals surface area contributed by atoms with Crippen LogP contribution in [-0.4, -0.2) is 29.0 Å². The van der Waals surface area contributed by atoms with Crippen molar-refractivity contribution >= 4 is 12.3 Å². The first-order chi connectivity index (χ1) is 8.86. The molecule has 0 saturated heterocycles. The third-order valence-corrected chi connectivity index (χ3v) is 2.85. The molecule has 0 saturated carbocycles. The highest BCUT2D eigenvalue weighted by Crippen LogP contribution is 2.18. The lowest BCUT2D eigenvalue weighted by atomic mass is 9.86. The van der Waals surface area contributed by atoms with Gasteiger partial charge in [0.15, 0.2) is 0 Å². The highest BCUT2D eigenvalue weighted by atomic mass is 16.5. The van der Waals surface area contributed by atoms with Crippen molar-refractivity contribution in [1.82, 2.24) is 0 Å². The predicted molar refractivity (Wildman–Crippen MR) is 70.1 cm³/mol. The van der Waals surface area contributed by atoms with E-state index in [0.29, 0.717) is 6.29 Å². The number of carbonyl (C=O) groups excluding carboxylic acids is 2.